The standard InChI is InChI=1S/C4N8O4/c13-11(14)3-5-1(7-9-3)2-6-4(10-8-2)12(15)16/q-2. The third-order valence-corrected chi connectivity index (χ3v) is 1.41. The van der Waals surface area contributed by atoms with E-state index in [1.54, 1.807) is 0 Å². The van der Waals surface area contributed by atoms with Gasteiger partial charge < -0.3 is 20.2 Å². The van der Waals surface area contributed by atoms with Gasteiger partial charge in [-0.2, -0.15) is 19.8 Å². The summed E-state index contributed by atoms with van der Waals surface area (Å²) in [6.45, 7) is 0. The van der Waals surface area contributed by atoms with Gasteiger partial charge >= 0.3 is 0 Å². The highest BCUT2D eigenvalue weighted by atomic mass is 16.6. The fourth-order valence-electron chi connectivity index (χ4n) is 0.807. The first kappa shape index (κ1) is 9.63. The van der Waals surface area contributed by atoms with Crippen LogP contribution in [0.1, 0.15) is 0 Å². The van der Waals surface area contributed by atoms with Crippen molar-refractivity contribution in [2.75, 3.05) is 0 Å². The van der Waals surface area contributed by atoms with E-state index in [2.05, 4.69) is 30.4 Å². The van der Waals surface area contributed by atoms with Crippen molar-refractivity contribution in [2.45, 2.75) is 0 Å². The highest BCUT2D eigenvalue weighted by Crippen LogP contribution is 2.11. The molecule has 0 saturated carbocycles. The third-order valence-electron chi connectivity index (χ3n) is 1.41. The van der Waals surface area contributed by atoms with Crippen LogP contribution >= 0.6 is 0 Å². The Kier molecular flexibility index (Phi) is 2.01. The summed E-state index contributed by atoms with van der Waals surface area (Å²) in [5.74, 6) is -2.04. The maximum Gasteiger partial charge on any atom is 0.276 e. The molecule has 0 spiro atoms. The first-order valence-electron chi connectivity index (χ1n) is 3.62. The molecule has 16 heavy (non-hydrogen) atoms. The molecule has 2 aromatic heterocycles. The van der Waals surface area contributed by atoms with Crippen molar-refractivity contribution < 1.29 is 9.85 Å². The molecular weight excluding hydrogens is 224 g/mol. The van der Waals surface area contributed by atoms with E-state index >= 15 is 0 Å². The van der Waals surface area contributed by atoms with E-state index in [0.29, 0.717) is 0 Å². The molecule has 12 heteroatoms. The molecule has 0 bridgehead atoms. The van der Waals surface area contributed by atoms with Crippen LogP contribution in [0.15, 0.2) is 0 Å². The van der Waals surface area contributed by atoms with Crippen molar-refractivity contribution in [3.05, 3.63) is 20.2 Å². The number of hydrogen-bond acceptors (Lipinski definition) is 8. The highest BCUT2D eigenvalue weighted by molar-refractivity contribution is 5.43. The molecule has 0 aliphatic rings. The fraction of sp³-hybridized carbons (Fsp3) is 0. The van der Waals surface area contributed by atoms with Gasteiger partial charge in [0.25, 0.3) is 11.9 Å². The molecule has 0 saturated heterocycles. The van der Waals surface area contributed by atoms with Crippen LogP contribution in [0.4, 0.5) is 11.9 Å². The van der Waals surface area contributed by atoms with Crippen LogP contribution in [0, 0.1) is 20.2 Å². The summed E-state index contributed by atoms with van der Waals surface area (Å²) >= 11 is 0. The van der Waals surface area contributed by atoms with Gasteiger partial charge in [0.2, 0.25) is 11.6 Å². The third kappa shape index (κ3) is 1.54. The Hall–Kier alpha value is -2.92. The molecule has 12 nitrogen and oxygen atoms in total. The molecule has 0 unspecified atom stereocenters. The number of nitro groups is 2. The highest BCUT2D eigenvalue weighted by Gasteiger charge is 2.13. The average Bonchev–Trinajstić information content (AvgIpc) is 2.86. The number of rotatable bonds is 3. The molecule has 0 radical (unpaired) electrons. The summed E-state index contributed by atoms with van der Waals surface area (Å²) in [5, 5.41) is 33.3. The maximum absolute atomic E-state index is 10.2. The van der Waals surface area contributed by atoms with Crippen molar-refractivity contribution in [3.8, 4) is 11.6 Å². The van der Waals surface area contributed by atoms with E-state index in [9.17, 15) is 20.2 Å². The Bertz CT molecular complexity index is 506. The summed E-state index contributed by atoms with van der Waals surface area (Å²) in [5.41, 5.74) is 0. The molecule has 0 amide bonds. The molecule has 82 valence electrons. The molecule has 0 N–H and O–H groups in total. The molecule has 2 aromatic rings. The largest absolute Gasteiger partial charge is 0.458 e. The molecule has 2 heterocycles. The van der Waals surface area contributed by atoms with Crippen molar-refractivity contribution >= 4 is 11.9 Å². The van der Waals surface area contributed by atoms with Crippen LogP contribution in [0.3, 0.4) is 0 Å². The van der Waals surface area contributed by atoms with Gasteiger partial charge in [0.05, 0.1) is 0 Å². The normalized spacial score (nSPS) is 10.2. The van der Waals surface area contributed by atoms with E-state index in [1.807, 2.05) is 0 Å². The molecule has 0 aliphatic heterocycles. The number of hydrogen-bond donors (Lipinski definition) is 0. The van der Waals surface area contributed by atoms with Crippen LogP contribution < -0.4 is 9.97 Å². The first-order chi connectivity index (χ1) is 7.58. The molecule has 0 atom stereocenters. The molecular formula is C4N8O4-2. The molecule has 0 fully saturated rings. The van der Waals surface area contributed by atoms with Gasteiger partial charge in [-0.25, -0.2) is 0 Å². The van der Waals surface area contributed by atoms with Crippen LogP contribution in [-0.2, 0) is 0 Å². The lowest BCUT2D eigenvalue weighted by atomic mass is 10.6. The van der Waals surface area contributed by atoms with Crippen molar-refractivity contribution in [1.82, 2.24) is 30.4 Å². The van der Waals surface area contributed by atoms with Gasteiger partial charge in [0.1, 0.15) is 0 Å². The Labute approximate surface area is 85.0 Å². The summed E-state index contributed by atoms with van der Waals surface area (Å²) in [7, 11) is 0. The summed E-state index contributed by atoms with van der Waals surface area (Å²) < 4.78 is 0. The van der Waals surface area contributed by atoms with E-state index < -0.39 is 21.7 Å². The van der Waals surface area contributed by atoms with Gasteiger partial charge in [-0.1, -0.05) is 0 Å². The average molecular weight is 224 g/mol. The van der Waals surface area contributed by atoms with E-state index in [4.69, 9.17) is 0 Å². The lowest BCUT2D eigenvalue weighted by Crippen LogP contribution is -1.93. The predicted molar refractivity (Wildman–Crippen MR) is 43.0 cm³/mol. The lowest BCUT2D eigenvalue weighted by molar-refractivity contribution is -0.394. The second-order valence-electron chi connectivity index (χ2n) is 2.39. The lowest BCUT2D eigenvalue weighted by Gasteiger charge is -1.95. The maximum atomic E-state index is 10.2. The van der Waals surface area contributed by atoms with E-state index in [-0.39, 0.29) is 11.6 Å². The van der Waals surface area contributed by atoms with Crippen LogP contribution in [0.25, 0.3) is 11.6 Å². The Morgan fingerprint density at radius 2 is 1.19 bits per heavy atom. The van der Waals surface area contributed by atoms with Crippen LogP contribution in [-0.4, -0.2) is 30.2 Å². The summed E-state index contributed by atoms with van der Waals surface area (Å²) in [6.07, 6.45) is 0. The summed E-state index contributed by atoms with van der Waals surface area (Å²) in [6, 6.07) is 0. The van der Waals surface area contributed by atoms with Crippen molar-refractivity contribution in [2.24, 2.45) is 0 Å². The quantitative estimate of drug-likeness (QED) is 0.449. The number of aromatic nitrogens is 6. The SMILES string of the molecule is O=[N+]([O-])c1nnc(-c2nnc([N+](=O)[O-])[n-]2)[n-]1. The second kappa shape index (κ2) is 3.34. The summed E-state index contributed by atoms with van der Waals surface area (Å²) in [4.78, 5) is 25.4. The van der Waals surface area contributed by atoms with Gasteiger partial charge in [-0.15, -0.1) is 20.4 Å². The zero-order valence-electron chi connectivity index (χ0n) is 7.21. The molecule has 2 rings (SSSR count). The minimum absolute atomic E-state index is 0.285. The first-order valence-corrected chi connectivity index (χ1v) is 3.62. The smallest absolute Gasteiger partial charge is 0.276 e. The molecule has 0 aliphatic carbocycles. The van der Waals surface area contributed by atoms with E-state index in [1.165, 1.54) is 0 Å². The Balaban J connectivity index is 2.35. The number of nitrogens with zero attached hydrogens (tertiary/aromatic N) is 8. The van der Waals surface area contributed by atoms with Crippen LogP contribution in [0.5, 0.6) is 0 Å². The van der Waals surface area contributed by atoms with E-state index in [0.717, 1.165) is 0 Å². The Morgan fingerprint density at radius 3 is 1.44 bits per heavy atom. The minimum Gasteiger partial charge on any atom is -0.458 e. The minimum atomic E-state index is -0.860. The second-order valence-corrected chi connectivity index (χ2v) is 2.39. The zero-order valence-corrected chi connectivity index (χ0v) is 7.21. The monoisotopic (exact) mass is 224 g/mol. The van der Waals surface area contributed by atoms with Gasteiger partial charge in [-0.3, -0.25) is 0 Å². The van der Waals surface area contributed by atoms with Crippen molar-refractivity contribution in [3.63, 3.8) is 0 Å². The topological polar surface area (TPSA) is 166 Å². The molecule has 0 aromatic carbocycles. The van der Waals surface area contributed by atoms with Gasteiger partial charge in [-0.05, 0) is 0 Å². The fourth-order valence-corrected chi connectivity index (χ4v) is 0.807. The van der Waals surface area contributed by atoms with Gasteiger partial charge in [0.15, 0.2) is 0 Å². The zero-order chi connectivity index (χ0) is 11.7. The van der Waals surface area contributed by atoms with Crippen LogP contribution in [0.2, 0.25) is 0 Å². The van der Waals surface area contributed by atoms with Gasteiger partial charge in [0, 0.05) is 0 Å². The van der Waals surface area contributed by atoms with Crippen molar-refractivity contribution in [1.29, 1.82) is 0 Å². The Morgan fingerprint density at radius 1 is 0.812 bits per heavy atom. The predicted octanol–water partition coefficient (Wildman–Crippen LogP) is -1.34.